The van der Waals surface area contributed by atoms with Gasteiger partial charge in [0, 0.05) is 11.8 Å². The van der Waals surface area contributed by atoms with Gasteiger partial charge in [0.25, 0.3) is 0 Å². The van der Waals surface area contributed by atoms with Crippen molar-refractivity contribution >= 4 is 11.7 Å². The standard InChI is InChI=1S/C16H23NO3/c1-4-20-15(18)16(9-8-12(2)11-16)17-13-6-5-7-14(10-13)19-3/h5-7,10,12,17H,4,8-9,11H2,1-3H3. The molecule has 2 unspecified atom stereocenters. The van der Waals surface area contributed by atoms with Crippen molar-refractivity contribution in [1.29, 1.82) is 0 Å². The van der Waals surface area contributed by atoms with E-state index in [0.717, 1.165) is 30.7 Å². The normalized spacial score (nSPS) is 25.2. The quantitative estimate of drug-likeness (QED) is 0.839. The highest BCUT2D eigenvalue weighted by atomic mass is 16.5. The molecule has 2 atom stereocenters. The number of methoxy groups -OCH3 is 1. The maximum atomic E-state index is 12.4. The Bertz CT molecular complexity index is 475. The molecule has 4 heteroatoms. The van der Waals surface area contributed by atoms with E-state index < -0.39 is 5.54 Å². The van der Waals surface area contributed by atoms with Crippen LogP contribution in [-0.4, -0.2) is 25.2 Å². The molecule has 0 spiro atoms. The fourth-order valence-electron chi connectivity index (χ4n) is 2.89. The highest BCUT2D eigenvalue weighted by molar-refractivity contribution is 5.85. The number of carbonyl (C=O) groups is 1. The smallest absolute Gasteiger partial charge is 0.331 e. The molecule has 0 aromatic heterocycles. The van der Waals surface area contributed by atoms with Gasteiger partial charge in [-0.15, -0.1) is 0 Å². The largest absolute Gasteiger partial charge is 0.497 e. The Morgan fingerprint density at radius 2 is 2.30 bits per heavy atom. The van der Waals surface area contributed by atoms with Crippen LogP contribution in [-0.2, 0) is 9.53 Å². The van der Waals surface area contributed by atoms with Crippen LogP contribution in [0.25, 0.3) is 0 Å². The first kappa shape index (κ1) is 14.7. The maximum Gasteiger partial charge on any atom is 0.331 e. The van der Waals surface area contributed by atoms with E-state index in [1.165, 1.54) is 0 Å². The highest BCUT2D eigenvalue weighted by Gasteiger charge is 2.45. The summed E-state index contributed by atoms with van der Waals surface area (Å²) in [5.74, 6) is 1.16. The summed E-state index contributed by atoms with van der Waals surface area (Å²) in [4.78, 5) is 12.4. The lowest BCUT2D eigenvalue weighted by molar-refractivity contribution is -0.148. The molecule has 110 valence electrons. The molecule has 0 amide bonds. The minimum Gasteiger partial charge on any atom is -0.497 e. The zero-order valence-electron chi connectivity index (χ0n) is 12.4. The lowest BCUT2D eigenvalue weighted by Gasteiger charge is -2.29. The average molecular weight is 277 g/mol. The molecular weight excluding hydrogens is 254 g/mol. The summed E-state index contributed by atoms with van der Waals surface area (Å²) in [5, 5.41) is 3.39. The van der Waals surface area contributed by atoms with E-state index in [1.54, 1.807) is 7.11 Å². The topological polar surface area (TPSA) is 47.6 Å². The Morgan fingerprint density at radius 1 is 1.50 bits per heavy atom. The third-order valence-electron chi connectivity index (χ3n) is 3.88. The third-order valence-corrected chi connectivity index (χ3v) is 3.88. The molecule has 1 aromatic rings. The van der Waals surface area contributed by atoms with Crippen LogP contribution < -0.4 is 10.1 Å². The predicted molar refractivity (Wildman–Crippen MR) is 79.0 cm³/mol. The number of benzene rings is 1. The van der Waals surface area contributed by atoms with E-state index in [4.69, 9.17) is 9.47 Å². The van der Waals surface area contributed by atoms with Crippen molar-refractivity contribution in [3.05, 3.63) is 24.3 Å². The van der Waals surface area contributed by atoms with Crippen LogP contribution >= 0.6 is 0 Å². The molecule has 1 saturated carbocycles. The molecule has 20 heavy (non-hydrogen) atoms. The molecule has 0 aliphatic heterocycles. The summed E-state index contributed by atoms with van der Waals surface area (Å²) in [7, 11) is 1.64. The van der Waals surface area contributed by atoms with Gasteiger partial charge in [-0.1, -0.05) is 13.0 Å². The number of hydrogen-bond acceptors (Lipinski definition) is 4. The van der Waals surface area contributed by atoms with Gasteiger partial charge in [-0.05, 0) is 44.2 Å². The number of esters is 1. The molecule has 1 N–H and O–H groups in total. The van der Waals surface area contributed by atoms with Gasteiger partial charge in [-0.3, -0.25) is 0 Å². The van der Waals surface area contributed by atoms with Crippen LogP contribution in [0.4, 0.5) is 5.69 Å². The third kappa shape index (κ3) is 3.06. The summed E-state index contributed by atoms with van der Waals surface area (Å²) < 4.78 is 10.5. The number of nitrogens with one attached hydrogen (secondary N) is 1. The van der Waals surface area contributed by atoms with E-state index in [-0.39, 0.29) is 5.97 Å². The van der Waals surface area contributed by atoms with Crippen molar-refractivity contribution in [2.75, 3.05) is 19.0 Å². The minimum atomic E-state index is -0.595. The van der Waals surface area contributed by atoms with Gasteiger partial charge in [-0.25, -0.2) is 4.79 Å². The average Bonchev–Trinajstić information content (AvgIpc) is 2.82. The first-order valence-electron chi connectivity index (χ1n) is 7.19. The Labute approximate surface area is 120 Å². The van der Waals surface area contributed by atoms with Crippen LogP contribution in [0.15, 0.2) is 24.3 Å². The number of carbonyl (C=O) groups excluding carboxylic acids is 1. The predicted octanol–water partition coefficient (Wildman–Crippen LogP) is 3.23. The monoisotopic (exact) mass is 277 g/mol. The van der Waals surface area contributed by atoms with Gasteiger partial charge < -0.3 is 14.8 Å². The molecule has 4 nitrogen and oxygen atoms in total. The van der Waals surface area contributed by atoms with E-state index in [1.807, 2.05) is 31.2 Å². The highest BCUT2D eigenvalue weighted by Crippen LogP contribution is 2.38. The molecule has 1 aliphatic rings. The Hall–Kier alpha value is -1.71. The van der Waals surface area contributed by atoms with Crippen LogP contribution in [0.1, 0.15) is 33.1 Å². The van der Waals surface area contributed by atoms with Gasteiger partial charge in [0.05, 0.1) is 13.7 Å². The molecule has 1 fully saturated rings. The van der Waals surface area contributed by atoms with E-state index in [2.05, 4.69) is 12.2 Å². The molecule has 0 heterocycles. The number of hydrogen-bond donors (Lipinski definition) is 1. The second-order valence-corrected chi connectivity index (χ2v) is 5.51. The van der Waals surface area contributed by atoms with Gasteiger partial charge in [0.2, 0.25) is 0 Å². The zero-order chi connectivity index (χ0) is 14.6. The Kier molecular flexibility index (Phi) is 4.53. The lowest BCUT2D eigenvalue weighted by atomic mass is 9.95. The van der Waals surface area contributed by atoms with E-state index in [0.29, 0.717) is 12.5 Å². The van der Waals surface area contributed by atoms with E-state index >= 15 is 0 Å². The fourth-order valence-corrected chi connectivity index (χ4v) is 2.89. The van der Waals surface area contributed by atoms with Crippen LogP contribution in [0.2, 0.25) is 0 Å². The number of anilines is 1. The lowest BCUT2D eigenvalue weighted by Crippen LogP contribution is -2.45. The van der Waals surface area contributed by atoms with Crippen LogP contribution in [0.5, 0.6) is 5.75 Å². The van der Waals surface area contributed by atoms with Crippen molar-refractivity contribution in [2.24, 2.45) is 5.92 Å². The first-order chi connectivity index (χ1) is 9.59. The summed E-state index contributed by atoms with van der Waals surface area (Å²) in [6.45, 7) is 4.43. The molecule has 0 saturated heterocycles. The van der Waals surface area contributed by atoms with Crippen molar-refractivity contribution in [2.45, 2.75) is 38.6 Å². The van der Waals surface area contributed by atoms with Crippen LogP contribution in [0.3, 0.4) is 0 Å². The van der Waals surface area contributed by atoms with E-state index in [9.17, 15) is 4.79 Å². The summed E-state index contributed by atoms with van der Waals surface area (Å²) >= 11 is 0. The second-order valence-electron chi connectivity index (χ2n) is 5.51. The summed E-state index contributed by atoms with van der Waals surface area (Å²) in [5.41, 5.74) is 0.299. The number of rotatable bonds is 5. The van der Waals surface area contributed by atoms with Crippen molar-refractivity contribution in [1.82, 2.24) is 0 Å². The Balaban J connectivity index is 2.21. The summed E-state index contributed by atoms with van der Waals surface area (Å²) in [6, 6.07) is 7.66. The second kappa shape index (κ2) is 6.16. The van der Waals surface area contributed by atoms with Gasteiger partial charge in [-0.2, -0.15) is 0 Å². The van der Waals surface area contributed by atoms with Crippen molar-refractivity contribution < 1.29 is 14.3 Å². The molecule has 1 aliphatic carbocycles. The molecule has 0 bridgehead atoms. The maximum absolute atomic E-state index is 12.4. The minimum absolute atomic E-state index is 0.146. The molecule has 2 rings (SSSR count). The van der Waals surface area contributed by atoms with Crippen LogP contribution in [0, 0.1) is 5.92 Å². The first-order valence-corrected chi connectivity index (χ1v) is 7.19. The fraction of sp³-hybridized carbons (Fsp3) is 0.562. The Morgan fingerprint density at radius 3 is 2.90 bits per heavy atom. The SMILES string of the molecule is CCOC(=O)C1(Nc2cccc(OC)c2)CCC(C)C1. The van der Waals surface area contributed by atoms with Gasteiger partial charge >= 0.3 is 5.97 Å². The van der Waals surface area contributed by atoms with Crippen molar-refractivity contribution in [3.8, 4) is 5.75 Å². The molecular formula is C16H23NO3. The van der Waals surface area contributed by atoms with Crippen molar-refractivity contribution in [3.63, 3.8) is 0 Å². The van der Waals surface area contributed by atoms with Gasteiger partial charge in [0.15, 0.2) is 0 Å². The number of ether oxygens (including phenoxy) is 2. The molecule has 0 radical (unpaired) electrons. The van der Waals surface area contributed by atoms with Gasteiger partial charge in [0.1, 0.15) is 11.3 Å². The molecule has 1 aromatic carbocycles. The summed E-state index contributed by atoms with van der Waals surface area (Å²) in [6.07, 6.45) is 2.66. The zero-order valence-corrected chi connectivity index (χ0v) is 12.4.